The smallest absolute Gasteiger partial charge is 0.196 e. The van der Waals surface area contributed by atoms with Crippen molar-refractivity contribution in [3.8, 4) is 5.75 Å². The first kappa shape index (κ1) is 18.2. The average molecular weight is 350 g/mol. The summed E-state index contributed by atoms with van der Waals surface area (Å²) in [6, 6.07) is 15.5. The topological polar surface area (TPSA) is 39.4 Å². The third-order valence-electron chi connectivity index (χ3n) is 4.65. The lowest BCUT2D eigenvalue weighted by molar-refractivity contribution is 0.305. The number of rotatable bonds is 8. The Balaban J connectivity index is 1.81. The van der Waals surface area contributed by atoms with E-state index in [1.54, 1.807) is 0 Å². The third-order valence-corrected chi connectivity index (χ3v) is 4.65. The maximum absolute atomic E-state index is 12.9. The molecule has 136 valence electrons. The molecule has 0 saturated carbocycles. The molecule has 3 nitrogen and oxygen atoms in total. The molecule has 2 aromatic carbocycles. The Kier molecular flexibility index (Phi) is 6.11. The fraction of sp³-hybridized carbons (Fsp3) is 0.348. The molecule has 0 aliphatic heterocycles. The van der Waals surface area contributed by atoms with E-state index in [1.807, 2.05) is 55.5 Å². The Morgan fingerprint density at radius 1 is 1.00 bits per heavy atom. The molecule has 0 spiro atoms. The lowest BCUT2D eigenvalue weighted by Gasteiger charge is -2.09. The van der Waals surface area contributed by atoms with E-state index in [4.69, 9.17) is 9.15 Å². The Morgan fingerprint density at radius 2 is 1.81 bits per heavy atom. The first-order valence-electron chi connectivity index (χ1n) is 9.42. The molecule has 0 amide bonds. The quantitative estimate of drug-likeness (QED) is 0.493. The minimum Gasteiger partial charge on any atom is -0.493 e. The van der Waals surface area contributed by atoms with Crippen molar-refractivity contribution in [1.82, 2.24) is 0 Å². The fourth-order valence-electron chi connectivity index (χ4n) is 3.14. The second kappa shape index (κ2) is 8.70. The van der Waals surface area contributed by atoms with Crippen molar-refractivity contribution in [2.45, 2.75) is 46.0 Å². The van der Waals surface area contributed by atoms with Gasteiger partial charge >= 0.3 is 0 Å². The number of ether oxygens (including phenoxy) is 1. The fourth-order valence-corrected chi connectivity index (χ4v) is 3.14. The largest absolute Gasteiger partial charge is 0.493 e. The summed E-state index contributed by atoms with van der Waals surface area (Å²) in [5, 5.41) is 0.611. The van der Waals surface area contributed by atoms with Gasteiger partial charge in [0.2, 0.25) is 0 Å². The van der Waals surface area contributed by atoms with Gasteiger partial charge in [0, 0.05) is 18.1 Å². The number of hydrogen-bond donors (Lipinski definition) is 0. The van der Waals surface area contributed by atoms with E-state index in [1.165, 1.54) is 19.3 Å². The van der Waals surface area contributed by atoms with Gasteiger partial charge in [-0.25, -0.2) is 0 Å². The number of aryl methyl sites for hydroxylation is 1. The van der Waals surface area contributed by atoms with Gasteiger partial charge in [0.15, 0.2) is 5.43 Å². The van der Waals surface area contributed by atoms with Gasteiger partial charge in [-0.05, 0) is 31.0 Å². The summed E-state index contributed by atoms with van der Waals surface area (Å²) in [5.41, 5.74) is 2.46. The minimum absolute atomic E-state index is 0.0436. The van der Waals surface area contributed by atoms with E-state index < -0.39 is 0 Å². The van der Waals surface area contributed by atoms with E-state index in [0.717, 1.165) is 23.3 Å². The van der Waals surface area contributed by atoms with Gasteiger partial charge in [0.05, 0.1) is 12.0 Å². The molecule has 0 aliphatic rings. The highest BCUT2D eigenvalue weighted by molar-refractivity contribution is 5.79. The maximum Gasteiger partial charge on any atom is 0.196 e. The van der Waals surface area contributed by atoms with Gasteiger partial charge < -0.3 is 9.15 Å². The van der Waals surface area contributed by atoms with Crippen LogP contribution in [0.3, 0.4) is 0 Å². The van der Waals surface area contributed by atoms with Gasteiger partial charge in [0.1, 0.15) is 17.1 Å². The number of hydrogen-bond acceptors (Lipinski definition) is 3. The Morgan fingerprint density at radius 3 is 2.58 bits per heavy atom. The zero-order chi connectivity index (χ0) is 18.4. The Labute approximate surface area is 154 Å². The molecule has 0 radical (unpaired) electrons. The van der Waals surface area contributed by atoms with Gasteiger partial charge in [0.25, 0.3) is 0 Å². The van der Waals surface area contributed by atoms with Crippen LogP contribution in [0.5, 0.6) is 5.75 Å². The van der Waals surface area contributed by atoms with Crippen molar-refractivity contribution in [3.63, 3.8) is 0 Å². The molecular weight excluding hydrogens is 324 g/mol. The summed E-state index contributed by atoms with van der Waals surface area (Å²) in [6.07, 6.45) is 5.26. The normalized spacial score (nSPS) is 11.0. The van der Waals surface area contributed by atoms with Gasteiger partial charge in [-0.15, -0.1) is 0 Å². The van der Waals surface area contributed by atoms with Crippen LogP contribution in [0.2, 0.25) is 0 Å². The average Bonchev–Trinajstić information content (AvgIpc) is 2.65. The Bertz CT molecular complexity index is 910. The molecule has 1 heterocycles. The molecule has 3 aromatic rings. The molecule has 0 saturated heterocycles. The first-order valence-corrected chi connectivity index (χ1v) is 9.42. The summed E-state index contributed by atoms with van der Waals surface area (Å²) in [7, 11) is 0. The lowest BCUT2D eigenvalue weighted by Crippen LogP contribution is -2.12. The molecule has 0 unspecified atom stereocenters. The molecule has 0 N–H and O–H groups in total. The standard InChI is InChI=1S/C23H26O3/c1-3-4-5-9-14-25-19-12-13-20-22(16-19)26-17(2)21(23(20)24)15-18-10-7-6-8-11-18/h6-8,10-13,16H,3-5,9,14-15H2,1-2H3. The summed E-state index contributed by atoms with van der Waals surface area (Å²) in [5.74, 6) is 1.43. The molecule has 1 aromatic heterocycles. The molecule has 3 rings (SSSR count). The monoisotopic (exact) mass is 350 g/mol. The van der Waals surface area contributed by atoms with Crippen LogP contribution >= 0.6 is 0 Å². The molecule has 0 fully saturated rings. The molecular formula is C23H26O3. The summed E-state index contributed by atoms with van der Waals surface area (Å²) in [6.45, 7) is 4.75. The summed E-state index contributed by atoms with van der Waals surface area (Å²) < 4.78 is 11.8. The van der Waals surface area contributed by atoms with Crippen molar-refractivity contribution in [1.29, 1.82) is 0 Å². The van der Waals surface area contributed by atoms with Crippen molar-refractivity contribution in [2.75, 3.05) is 6.61 Å². The maximum atomic E-state index is 12.9. The van der Waals surface area contributed by atoms with Crippen molar-refractivity contribution >= 4 is 11.0 Å². The van der Waals surface area contributed by atoms with Crippen LogP contribution < -0.4 is 10.2 Å². The van der Waals surface area contributed by atoms with Gasteiger partial charge in [-0.2, -0.15) is 0 Å². The predicted molar refractivity (Wildman–Crippen MR) is 106 cm³/mol. The first-order chi connectivity index (χ1) is 12.7. The molecule has 3 heteroatoms. The Hall–Kier alpha value is -2.55. The van der Waals surface area contributed by atoms with Crippen LogP contribution in [-0.2, 0) is 6.42 Å². The van der Waals surface area contributed by atoms with Crippen molar-refractivity contribution in [3.05, 3.63) is 75.6 Å². The van der Waals surface area contributed by atoms with Crippen LogP contribution in [-0.4, -0.2) is 6.61 Å². The lowest BCUT2D eigenvalue weighted by atomic mass is 10.0. The van der Waals surface area contributed by atoms with E-state index in [0.29, 0.717) is 29.8 Å². The minimum atomic E-state index is 0.0436. The van der Waals surface area contributed by atoms with Crippen LogP contribution in [0.25, 0.3) is 11.0 Å². The molecule has 26 heavy (non-hydrogen) atoms. The van der Waals surface area contributed by atoms with Crippen LogP contribution in [0.4, 0.5) is 0 Å². The van der Waals surface area contributed by atoms with E-state index >= 15 is 0 Å². The van der Waals surface area contributed by atoms with Crippen LogP contribution in [0, 0.1) is 6.92 Å². The van der Waals surface area contributed by atoms with Crippen LogP contribution in [0.15, 0.2) is 57.7 Å². The zero-order valence-corrected chi connectivity index (χ0v) is 15.6. The number of benzene rings is 2. The second-order valence-corrected chi connectivity index (χ2v) is 6.70. The molecule has 0 atom stereocenters. The molecule has 0 aliphatic carbocycles. The van der Waals surface area contributed by atoms with Gasteiger partial charge in [-0.1, -0.05) is 56.5 Å². The summed E-state index contributed by atoms with van der Waals surface area (Å²) >= 11 is 0. The number of fused-ring (bicyclic) bond motifs is 1. The highest BCUT2D eigenvalue weighted by Gasteiger charge is 2.13. The third kappa shape index (κ3) is 4.34. The second-order valence-electron chi connectivity index (χ2n) is 6.70. The van der Waals surface area contributed by atoms with Crippen LogP contribution in [0.1, 0.15) is 49.5 Å². The van der Waals surface area contributed by atoms with E-state index in [-0.39, 0.29) is 5.43 Å². The predicted octanol–water partition coefficient (Wildman–Crippen LogP) is 5.65. The highest BCUT2D eigenvalue weighted by atomic mass is 16.5. The van der Waals surface area contributed by atoms with Gasteiger partial charge in [-0.3, -0.25) is 4.79 Å². The highest BCUT2D eigenvalue weighted by Crippen LogP contribution is 2.22. The van der Waals surface area contributed by atoms with E-state index in [9.17, 15) is 4.79 Å². The SMILES string of the molecule is CCCCCCOc1ccc2c(=O)c(Cc3ccccc3)c(C)oc2c1. The number of unbranched alkanes of at least 4 members (excludes halogenated alkanes) is 3. The zero-order valence-electron chi connectivity index (χ0n) is 15.6. The van der Waals surface area contributed by atoms with Crippen molar-refractivity contribution in [2.24, 2.45) is 0 Å². The van der Waals surface area contributed by atoms with E-state index in [2.05, 4.69) is 6.92 Å². The van der Waals surface area contributed by atoms with Crippen molar-refractivity contribution < 1.29 is 9.15 Å². The summed E-state index contributed by atoms with van der Waals surface area (Å²) in [4.78, 5) is 12.9. The molecule has 0 bridgehead atoms.